The Hall–Kier alpha value is -2.35. The summed E-state index contributed by atoms with van der Waals surface area (Å²) in [6, 6.07) is 17.8. The fourth-order valence-electron chi connectivity index (χ4n) is 2.74. The van der Waals surface area contributed by atoms with E-state index >= 15 is 0 Å². The molecule has 1 heterocycles. The summed E-state index contributed by atoms with van der Waals surface area (Å²) in [7, 11) is 0. The van der Waals surface area contributed by atoms with E-state index in [0.717, 1.165) is 29.9 Å². The normalized spacial score (nSPS) is 14.8. The van der Waals surface area contributed by atoms with Crippen molar-refractivity contribution in [2.75, 3.05) is 18.0 Å². The van der Waals surface area contributed by atoms with Gasteiger partial charge in [0.2, 0.25) is 0 Å². The molecule has 2 heteroatoms. The number of hydrogen-bond acceptors (Lipinski definition) is 2. The summed E-state index contributed by atoms with van der Waals surface area (Å²) in [5, 5.41) is 0. The standard InChI is InChI=1S/C19H19NO/c21-19(13-12-16-8-2-1-3-9-16)17-10-4-5-11-18(17)20-14-6-7-15-20/h1-5,8-13H,6-7,14-15H2/b13-12+. The van der Waals surface area contributed by atoms with Gasteiger partial charge < -0.3 is 4.90 Å². The van der Waals surface area contributed by atoms with Crippen LogP contribution in [0, 0.1) is 0 Å². The topological polar surface area (TPSA) is 20.3 Å². The average Bonchev–Trinajstić information content (AvgIpc) is 3.08. The third-order valence-electron chi connectivity index (χ3n) is 3.84. The molecule has 0 spiro atoms. The number of ketones is 1. The summed E-state index contributed by atoms with van der Waals surface area (Å²) in [5.74, 6) is 0.0707. The number of hydrogen-bond donors (Lipinski definition) is 0. The van der Waals surface area contributed by atoms with Crippen molar-refractivity contribution in [1.29, 1.82) is 0 Å². The van der Waals surface area contributed by atoms with Crippen molar-refractivity contribution in [2.24, 2.45) is 0 Å². The van der Waals surface area contributed by atoms with Gasteiger partial charge >= 0.3 is 0 Å². The molecule has 0 amide bonds. The van der Waals surface area contributed by atoms with Crippen molar-refractivity contribution in [3.63, 3.8) is 0 Å². The molecule has 0 bridgehead atoms. The summed E-state index contributed by atoms with van der Waals surface area (Å²) < 4.78 is 0. The fourth-order valence-corrected chi connectivity index (χ4v) is 2.74. The Morgan fingerprint density at radius 3 is 2.33 bits per heavy atom. The Kier molecular flexibility index (Phi) is 4.15. The first kappa shape index (κ1) is 13.6. The number of carbonyl (C=O) groups excluding carboxylic acids is 1. The van der Waals surface area contributed by atoms with E-state index in [1.165, 1.54) is 12.8 Å². The lowest BCUT2D eigenvalue weighted by atomic mass is 10.1. The quantitative estimate of drug-likeness (QED) is 0.617. The molecule has 2 aromatic rings. The van der Waals surface area contributed by atoms with Crippen molar-refractivity contribution in [1.82, 2.24) is 0 Å². The number of rotatable bonds is 4. The Morgan fingerprint density at radius 2 is 1.57 bits per heavy atom. The predicted molar refractivity (Wildman–Crippen MR) is 87.7 cm³/mol. The van der Waals surface area contributed by atoms with Crippen LogP contribution in [-0.4, -0.2) is 18.9 Å². The Morgan fingerprint density at radius 1 is 0.905 bits per heavy atom. The van der Waals surface area contributed by atoms with Crippen LogP contribution in [0.4, 0.5) is 5.69 Å². The second-order valence-electron chi connectivity index (χ2n) is 5.32. The highest BCUT2D eigenvalue weighted by Gasteiger charge is 2.17. The highest BCUT2D eigenvalue weighted by Crippen LogP contribution is 2.25. The maximum absolute atomic E-state index is 12.5. The minimum absolute atomic E-state index is 0.0707. The Balaban J connectivity index is 1.83. The van der Waals surface area contributed by atoms with Crippen molar-refractivity contribution in [3.8, 4) is 0 Å². The Bertz CT molecular complexity index is 640. The van der Waals surface area contributed by atoms with Crippen LogP contribution in [0.15, 0.2) is 60.7 Å². The second kappa shape index (κ2) is 6.40. The molecule has 21 heavy (non-hydrogen) atoms. The van der Waals surface area contributed by atoms with Gasteiger partial charge in [-0.05, 0) is 36.6 Å². The molecule has 1 fully saturated rings. The second-order valence-corrected chi connectivity index (χ2v) is 5.32. The highest BCUT2D eigenvalue weighted by molar-refractivity contribution is 6.10. The summed E-state index contributed by atoms with van der Waals surface area (Å²) in [5.41, 5.74) is 2.91. The number of benzene rings is 2. The molecule has 0 unspecified atom stereocenters. The molecule has 1 aliphatic rings. The van der Waals surface area contributed by atoms with Crippen molar-refractivity contribution < 1.29 is 4.79 Å². The zero-order valence-corrected chi connectivity index (χ0v) is 12.0. The summed E-state index contributed by atoms with van der Waals surface area (Å²) in [6.45, 7) is 2.10. The smallest absolute Gasteiger partial charge is 0.187 e. The van der Waals surface area contributed by atoms with E-state index < -0.39 is 0 Å². The first-order chi connectivity index (χ1) is 10.3. The van der Waals surface area contributed by atoms with Crippen LogP contribution in [0.25, 0.3) is 6.08 Å². The number of para-hydroxylation sites is 1. The first-order valence-electron chi connectivity index (χ1n) is 7.46. The molecule has 0 saturated carbocycles. The van der Waals surface area contributed by atoms with Crippen molar-refractivity contribution in [3.05, 3.63) is 71.8 Å². The molecular formula is C19H19NO. The highest BCUT2D eigenvalue weighted by atomic mass is 16.1. The molecule has 106 valence electrons. The van der Waals surface area contributed by atoms with Gasteiger partial charge in [0.25, 0.3) is 0 Å². The molecule has 2 aromatic carbocycles. The average molecular weight is 277 g/mol. The van der Waals surface area contributed by atoms with E-state index in [1.807, 2.05) is 54.6 Å². The molecule has 0 aromatic heterocycles. The van der Waals surface area contributed by atoms with E-state index in [2.05, 4.69) is 11.0 Å². The van der Waals surface area contributed by atoms with Gasteiger partial charge in [0.1, 0.15) is 0 Å². The van der Waals surface area contributed by atoms with E-state index in [4.69, 9.17) is 0 Å². The van der Waals surface area contributed by atoms with Crippen LogP contribution in [0.3, 0.4) is 0 Å². The zero-order chi connectivity index (χ0) is 14.5. The Labute approximate surface area is 125 Å². The number of carbonyl (C=O) groups is 1. The molecule has 3 rings (SSSR count). The summed E-state index contributed by atoms with van der Waals surface area (Å²) in [6.07, 6.45) is 5.97. The zero-order valence-electron chi connectivity index (χ0n) is 12.0. The number of anilines is 1. The molecule has 0 aliphatic carbocycles. The lowest BCUT2D eigenvalue weighted by Gasteiger charge is -2.20. The molecule has 0 radical (unpaired) electrons. The maximum atomic E-state index is 12.5. The fraction of sp³-hybridized carbons (Fsp3) is 0.211. The van der Waals surface area contributed by atoms with Gasteiger partial charge in [-0.3, -0.25) is 4.79 Å². The monoisotopic (exact) mass is 277 g/mol. The molecule has 0 N–H and O–H groups in total. The van der Waals surface area contributed by atoms with Gasteiger partial charge in [-0.25, -0.2) is 0 Å². The van der Waals surface area contributed by atoms with Crippen LogP contribution in [0.5, 0.6) is 0 Å². The molecule has 1 aliphatic heterocycles. The van der Waals surface area contributed by atoms with Crippen LogP contribution in [0.2, 0.25) is 0 Å². The van der Waals surface area contributed by atoms with E-state index in [-0.39, 0.29) is 5.78 Å². The van der Waals surface area contributed by atoms with Gasteiger partial charge in [-0.2, -0.15) is 0 Å². The van der Waals surface area contributed by atoms with Gasteiger partial charge in [0, 0.05) is 24.3 Å². The lowest BCUT2D eigenvalue weighted by molar-refractivity contribution is 0.104. The van der Waals surface area contributed by atoms with Gasteiger partial charge in [0.05, 0.1) is 0 Å². The lowest BCUT2D eigenvalue weighted by Crippen LogP contribution is -2.20. The van der Waals surface area contributed by atoms with E-state index in [9.17, 15) is 4.79 Å². The van der Waals surface area contributed by atoms with Gasteiger partial charge in [0.15, 0.2) is 5.78 Å². The van der Waals surface area contributed by atoms with E-state index in [1.54, 1.807) is 6.08 Å². The summed E-state index contributed by atoms with van der Waals surface area (Å²) >= 11 is 0. The van der Waals surface area contributed by atoms with Crippen LogP contribution in [0.1, 0.15) is 28.8 Å². The largest absolute Gasteiger partial charge is 0.371 e. The summed E-state index contributed by atoms with van der Waals surface area (Å²) in [4.78, 5) is 14.8. The van der Waals surface area contributed by atoms with Crippen LogP contribution < -0.4 is 4.90 Å². The third kappa shape index (κ3) is 3.22. The van der Waals surface area contributed by atoms with E-state index in [0.29, 0.717) is 0 Å². The number of nitrogens with zero attached hydrogens (tertiary/aromatic N) is 1. The minimum Gasteiger partial charge on any atom is -0.371 e. The van der Waals surface area contributed by atoms with Gasteiger partial charge in [-0.1, -0.05) is 48.5 Å². The predicted octanol–water partition coefficient (Wildman–Crippen LogP) is 4.18. The molecule has 2 nitrogen and oxygen atoms in total. The van der Waals surface area contributed by atoms with Gasteiger partial charge in [-0.15, -0.1) is 0 Å². The minimum atomic E-state index is 0.0707. The molecule has 0 atom stereocenters. The van der Waals surface area contributed by atoms with Crippen molar-refractivity contribution >= 4 is 17.5 Å². The first-order valence-corrected chi connectivity index (χ1v) is 7.46. The maximum Gasteiger partial charge on any atom is 0.187 e. The third-order valence-corrected chi connectivity index (χ3v) is 3.84. The molecular weight excluding hydrogens is 258 g/mol. The van der Waals surface area contributed by atoms with Crippen LogP contribution in [-0.2, 0) is 0 Å². The SMILES string of the molecule is O=C(/C=C/c1ccccc1)c1ccccc1N1CCCC1. The van der Waals surface area contributed by atoms with Crippen molar-refractivity contribution in [2.45, 2.75) is 12.8 Å². The van der Waals surface area contributed by atoms with Crippen LogP contribution >= 0.6 is 0 Å². The number of allylic oxidation sites excluding steroid dienone is 1. The molecule has 1 saturated heterocycles.